The summed E-state index contributed by atoms with van der Waals surface area (Å²) < 4.78 is 0. The van der Waals surface area contributed by atoms with Gasteiger partial charge in [-0.15, -0.1) is 11.3 Å². The summed E-state index contributed by atoms with van der Waals surface area (Å²) in [5.41, 5.74) is 6.04. The van der Waals surface area contributed by atoms with Crippen LogP contribution in [0.1, 0.15) is 22.5 Å². The zero-order valence-corrected chi connectivity index (χ0v) is 12.5. The first-order valence-electron chi connectivity index (χ1n) is 6.57. The number of carbonyl (C=O) groups is 3. The topological polar surface area (TPSA) is 101 Å². The molecule has 6 nitrogen and oxygen atoms in total. The number of rotatable bonds is 6. The summed E-state index contributed by atoms with van der Waals surface area (Å²) >= 11 is 1.36. The van der Waals surface area contributed by atoms with Crippen molar-refractivity contribution >= 4 is 40.4 Å². The van der Waals surface area contributed by atoms with Gasteiger partial charge in [0.15, 0.2) is 5.78 Å². The minimum absolute atomic E-state index is 0.0469. The summed E-state index contributed by atoms with van der Waals surface area (Å²) in [6, 6.07) is 9.47. The molecule has 0 bridgehead atoms. The number of benzene rings is 1. The molecule has 0 saturated heterocycles. The zero-order valence-electron chi connectivity index (χ0n) is 11.7. The molecule has 0 aliphatic carbocycles. The Bertz CT molecular complexity index is 683. The number of hydrogen-bond acceptors (Lipinski definition) is 4. The number of urea groups is 1. The van der Waals surface area contributed by atoms with Gasteiger partial charge in [0.05, 0.1) is 4.88 Å². The van der Waals surface area contributed by atoms with Crippen LogP contribution in [0.2, 0.25) is 0 Å². The Morgan fingerprint density at radius 2 is 1.73 bits per heavy atom. The third kappa shape index (κ3) is 4.71. The van der Waals surface area contributed by atoms with Gasteiger partial charge in [0.2, 0.25) is 5.91 Å². The van der Waals surface area contributed by atoms with Gasteiger partial charge in [0.25, 0.3) is 0 Å². The summed E-state index contributed by atoms with van der Waals surface area (Å²) in [5, 5.41) is 6.92. The van der Waals surface area contributed by atoms with E-state index in [0.29, 0.717) is 16.3 Å². The Morgan fingerprint density at radius 1 is 1.00 bits per heavy atom. The van der Waals surface area contributed by atoms with E-state index in [1.54, 1.807) is 36.4 Å². The fraction of sp³-hybridized carbons (Fsp3) is 0.133. The molecule has 0 radical (unpaired) electrons. The van der Waals surface area contributed by atoms with E-state index in [9.17, 15) is 14.4 Å². The minimum Gasteiger partial charge on any atom is -0.351 e. The lowest BCUT2D eigenvalue weighted by Crippen LogP contribution is -2.19. The summed E-state index contributed by atoms with van der Waals surface area (Å²) in [6.07, 6.45) is 0.260. The van der Waals surface area contributed by atoms with E-state index in [-0.39, 0.29) is 24.5 Å². The van der Waals surface area contributed by atoms with E-state index in [2.05, 4.69) is 10.6 Å². The molecule has 0 aliphatic rings. The lowest BCUT2D eigenvalue weighted by atomic mass is 10.2. The van der Waals surface area contributed by atoms with Gasteiger partial charge < -0.3 is 16.4 Å². The second kappa shape index (κ2) is 7.37. The number of nitrogens with two attached hydrogens (primary N) is 1. The second-order valence-corrected chi connectivity index (χ2v) is 5.47. The molecule has 2 rings (SSSR count). The van der Waals surface area contributed by atoms with Gasteiger partial charge in [-0.2, -0.15) is 0 Å². The van der Waals surface area contributed by atoms with Crippen LogP contribution in [0.15, 0.2) is 41.8 Å². The molecule has 0 aliphatic heterocycles. The number of carbonyl (C=O) groups excluding carboxylic acids is 3. The Balaban J connectivity index is 1.86. The van der Waals surface area contributed by atoms with Crippen molar-refractivity contribution in [3.8, 4) is 0 Å². The molecule has 0 atom stereocenters. The van der Waals surface area contributed by atoms with Gasteiger partial charge in [-0.25, -0.2) is 4.79 Å². The Morgan fingerprint density at radius 3 is 2.36 bits per heavy atom. The lowest BCUT2D eigenvalue weighted by Gasteiger charge is -2.07. The Kier molecular flexibility index (Phi) is 5.26. The molecule has 1 heterocycles. The van der Waals surface area contributed by atoms with E-state index in [1.807, 2.05) is 5.38 Å². The number of anilines is 2. The molecule has 0 spiro atoms. The molecule has 0 fully saturated rings. The molecule has 0 unspecified atom stereocenters. The highest BCUT2D eigenvalue weighted by Gasteiger charge is 2.10. The maximum atomic E-state index is 11.8. The number of Topliss-reactive ketones (excluding diaryl/α,β-unsaturated/α-hetero) is 1. The van der Waals surface area contributed by atoms with E-state index < -0.39 is 6.03 Å². The molecule has 2 aromatic rings. The quantitative estimate of drug-likeness (QED) is 0.714. The standard InChI is InChI=1S/C15H15N3O3S/c16-15(21)18-11-4-1-3-10(9-11)17-14(20)7-6-12(19)13-5-2-8-22-13/h1-5,8-9H,6-7H2,(H,17,20)(H3,16,18,21). The first kappa shape index (κ1) is 15.7. The Labute approximate surface area is 131 Å². The van der Waals surface area contributed by atoms with Crippen LogP contribution in [0.5, 0.6) is 0 Å². The molecule has 1 aromatic heterocycles. The average molecular weight is 317 g/mol. The van der Waals surface area contributed by atoms with Crippen molar-refractivity contribution in [1.82, 2.24) is 0 Å². The SMILES string of the molecule is NC(=O)Nc1cccc(NC(=O)CCC(=O)c2cccs2)c1. The predicted molar refractivity (Wildman–Crippen MR) is 86.2 cm³/mol. The van der Waals surface area contributed by atoms with Crippen LogP contribution in [-0.2, 0) is 4.79 Å². The second-order valence-electron chi connectivity index (χ2n) is 4.52. The van der Waals surface area contributed by atoms with E-state index >= 15 is 0 Å². The van der Waals surface area contributed by atoms with Gasteiger partial charge >= 0.3 is 6.03 Å². The predicted octanol–water partition coefficient (Wildman–Crippen LogP) is 2.84. The van der Waals surface area contributed by atoms with Gasteiger partial charge in [-0.05, 0) is 29.6 Å². The van der Waals surface area contributed by atoms with Crippen LogP contribution < -0.4 is 16.4 Å². The maximum Gasteiger partial charge on any atom is 0.316 e. The molecule has 0 saturated carbocycles. The van der Waals surface area contributed by atoms with Crippen molar-refractivity contribution in [2.45, 2.75) is 12.8 Å². The van der Waals surface area contributed by atoms with E-state index in [4.69, 9.17) is 5.73 Å². The number of nitrogens with one attached hydrogen (secondary N) is 2. The number of hydrogen-bond donors (Lipinski definition) is 3. The minimum atomic E-state index is -0.676. The lowest BCUT2D eigenvalue weighted by molar-refractivity contribution is -0.116. The van der Waals surface area contributed by atoms with Crippen LogP contribution >= 0.6 is 11.3 Å². The van der Waals surface area contributed by atoms with Crippen LogP contribution in [0, 0.1) is 0 Å². The van der Waals surface area contributed by atoms with E-state index in [1.165, 1.54) is 11.3 Å². The van der Waals surface area contributed by atoms with Gasteiger partial charge in [-0.3, -0.25) is 9.59 Å². The number of ketones is 1. The zero-order chi connectivity index (χ0) is 15.9. The van der Waals surface area contributed by atoms with E-state index in [0.717, 1.165) is 0 Å². The maximum absolute atomic E-state index is 11.8. The molecule has 1 aromatic carbocycles. The number of primary amides is 1. The molecule has 22 heavy (non-hydrogen) atoms. The summed E-state index contributed by atoms with van der Waals surface area (Å²) in [5.74, 6) is -0.310. The molecule has 4 N–H and O–H groups in total. The first-order chi connectivity index (χ1) is 10.5. The summed E-state index contributed by atoms with van der Waals surface area (Å²) in [4.78, 5) is 35.1. The highest BCUT2D eigenvalue weighted by atomic mass is 32.1. The highest BCUT2D eigenvalue weighted by Crippen LogP contribution is 2.16. The van der Waals surface area contributed by atoms with Crippen molar-refractivity contribution in [2.24, 2.45) is 5.73 Å². The highest BCUT2D eigenvalue weighted by molar-refractivity contribution is 7.12. The van der Waals surface area contributed by atoms with Crippen molar-refractivity contribution < 1.29 is 14.4 Å². The smallest absolute Gasteiger partial charge is 0.316 e. The average Bonchev–Trinajstić information content (AvgIpc) is 2.98. The molecular weight excluding hydrogens is 302 g/mol. The van der Waals surface area contributed by atoms with Crippen molar-refractivity contribution in [3.63, 3.8) is 0 Å². The summed E-state index contributed by atoms with van der Waals surface area (Å²) in [7, 11) is 0. The fourth-order valence-corrected chi connectivity index (χ4v) is 2.52. The third-order valence-corrected chi connectivity index (χ3v) is 3.70. The van der Waals surface area contributed by atoms with Crippen LogP contribution in [0.3, 0.4) is 0 Å². The first-order valence-corrected chi connectivity index (χ1v) is 7.45. The van der Waals surface area contributed by atoms with Gasteiger partial charge in [0, 0.05) is 24.2 Å². The monoisotopic (exact) mass is 317 g/mol. The molecule has 3 amide bonds. The van der Waals surface area contributed by atoms with Crippen LogP contribution in [0.4, 0.5) is 16.2 Å². The Hall–Kier alpha value is -2.67. The normalized spacial score (nSPS) is 10.0. The summed E-state index contributed by atoms with van der Waals surface area (Å²) in [6.45, 7) is 0. The van der Waals surface area contributed by atoms with Gasteiger partial charge in [-0.1, -0.05) is 12.1 Å². The molecular formula is C15H15N3O3S. The molecule has 114 valence electrons. The van der Waals surface area contributed by atoms with Crippen LogP contribution in [0.25, 0.3) is 0 Å². The van der Waals surface area contributed by atoms with Crippen molar-refractivity contribution in [3.05, 3.63) is 46.7 Å². The van der Waals surface area contributed by atoms with Crippen LogP contribution in [-0.4, -0.2) is 17.7 Å². The number of amides is 3. The fourth-order valence-electron chi connectivity index (χ4n) is 1.83. The number of thiophene rings is 1. The van der Waals surface area contributed by atoms with Gasteiger partial charge in [0.1, 0.15) is 0 Å². The largest absolute Gasteiger partial charge is 0.351 e. The molecule has 7 heteroatoms. The third-order valence-electron chi connectivity index (χ3n) is 2.79. The van der Waals surface area contributed by atoms with Crippen molar-refractivity contribution in [2.75, 3.05) is 10.6 Å². The van der Waals surface area contributed by atoms with Crippen molar-refractivity contribution in [1.29, 1.82) is 0 Å².